The molecule has 0 aromatic heterocycles. The highest BCUT2D eigenvalue weighted by molar-refractivity contribution is 5.99. The fourth-order valence-corrected chi connectivity index (χ4v) is 1.55. The van der Waals surface area contributed by atoms with Gasteiger partial charge in [-0.25, -0.2) is 0 Å². The summed E-state index contributed by atoms with van der Waals surface area (Å²) in [5.41, 5.74) is 2.83. The van der Waals surface area contributed by atoms with Crippen molar-refractivity contribution >= 4 is 5.78 Å². The number of ether oxygens (including phenoxy) is 2. The number of Topliss-reactive ketones (excluding diaryl/α,β-unsaturated/α-hetero) is 1. The van der Waals surface area contributed by atoms with Crippen LogP contribution in [0.3, 0.4) is 0 Å². The molecule has 0 saturated carbocycles. The SMILES string of the molecule is CCCOc1cc(C)c(C)cc1C(=O)COC. The van der Waals surface area contributed by atoms with E-state index in [-0.39, 0.29) is 12.4 Å². The summed E-state index contributed by atoms with van der Waals surface area (Å²) < 4.78 is 10.5. The summed E-state index contributed by atoms with van der Waals surface area (Å²) in [5.74, 6) is 0.624. The maximum absolute atomic E-state index is 11.9. The first-order chi connectivity index (χ1) is 8.10. The molecule has 0 saturated heterocycles. The molecule has 1 aromatic carbocycles. The zero-order valence-electron chi connectivity index (χ0n) is 11.0. The third kappa shape index (κ3) is 3.56. The number of hydrogen-bond donors (Lipinski definition) is 0. The van der Waals surface area contributed by atoms with Gasteiger partial charge in [0.2, 0.25) is 0 Å². The molecule has 0 radical (unpaired) electrons. The molecule has 0 fully saturated rings. The highest BCUT2D eigenvalue weighted by Gasteiger charge is 2.14. The topological polar surface area (TPSA) is 35.5 Å². The molecule has 0 atom stereocenters. The van der Waals surface area contributed by atoms with E-state index in [1.165, 1.54) is 7.11 Å². The molecule has 94 valence electrons. The van der Waals surface area contributed by atoms with Crippen LogP contribution in [0.1, 0.15) is 34.8 Å². The van der Waals surface area contributed by atoms with E-state index in [0.29, 0.717) is 17.9 Å². The van der Waals surface area contributed by atoms with Crippen LogP contribution in [-0.4, -0.2) is 26.1 Å². The van der Waals surface area contributed by atoms with Gasteiger partial charge in [-0.3, -0.25) is 4.79 Å². The molecular weight excluding hydrogens is 216 g/mol. The Kier molecular flexibility index (Phi) is 5.16. The highest BCUT2D eigenvalue weighted by atomic mass is 16.5. The van der Waals surface area contributed by atoms with Crippen LogP contribution < -0.4 is 4.74 Å². The second-order valence-electron chi connectivity index (χ2n) is 4.14. The normalized spacial score (nSPS) is 10.4. The summed E-state index contributed by atoms with van der Waals surface area (Å²) >= 11 is 0. The van der Waals surface area contributed by atoms with Crippen LogP contribution >= 0.6 is 0 Å². The lowest BCUT2D eigenvalue weighted by Crippen LogP contribution is -2.11. The molecule has 3 nitrogen and oxygen atoms in total. The Morgan fingerprint density at radius 2 is 1.88 bits per heavy atom. The monoisotopic (exact) mass is 236 g/mol. The summed E-state index contributed by atoms with van der Waals surface area (Å²) in [6.45, 7) is 6.75. The quantitative estimate of drug-likeness (QED) is 0.712. The Morgan fingerprint density at radius 1 is 1.24 bits per heavy atom. The molecule has 0 aliphatic carbocycles. The van der Waals surface area contributed by atoms with Crippen molar-refractivity contribution in [1.29, 1.82) is 0 Å². The van der Waals surface area contributed by atoms with Crippen LogP contribution in [0.4, 0.5) is 0 Å². The van der Waals surface area contributed by atoms with Gasteiger partial charge in [0.15, 0.2) is 5.78 Å². The Morgan fingerprint density at radius 3 is 2.47 bits per heavy atom. The molecule has 0 unspecified atom stereocenters. The van der Waals surface area contributed by atoms with Crippen LogP contribution in [-0.2, 0) is 4.74 Å². The van der Waals surface area contributed by atoms with Gasteiger partial charge in [0, 0.05) is 7.11 Å². The van der Waals surface area contributed by atoms with Gasteiger partial charge >= 0.3 is 0 Å². The average Bonchev–Trinajstić information content (AvgIpc) is 2.30. The number of carbonyl (C=O) groups excluding carboxylic acids is 1. The van der Waals surface area contributed by atoms with Crippen molar-refractivity contribution in [3.05, 3.63) is 28.8 Å². The van der Waals surface area contributed by atoms with E-state index in [0.717, 1.165) is 17.5 Å². The molecule has 0 aliphatic heterocycles. The Hall–Kier alpha value is -1.35. The van der Waals surface area contributed by atoms with Crippen LogP contribution in [0.15, 0.2) is 12.1 Å². The largest absolute Gasteiger partial charge is 0.493 e. The summed E-state index contributed by atoms with van der Waals surface area (Å²) in [4.78, 5) is 11.9. The lowest BCUT2D eigenvalue weighted by Gasteiger charge is -2.12. The molecule has 0 bridgehead atoms. The van der Waals surface area contributed by atoms with Gasteiger partial charge in [0.05, 0.1) is 12.2 Å². The minimum absolute atomic E-state index is 0.0401. The van der Waals surface area contributed by atoms with Crippen LogP contribution in [0.25, 0.3) is 0 Å². The Bertz CT molecular complexity index is 397. The van der Waals surface area contributed by atoms with Gasteiger partial charge in [-0.15, -0.1) is 0 Å². The summed E-state index contributed by atoms with van der Waals surface area (Å²) in [5, 5.41) is 0. The van der Waals surface area contributed by atoms with E-state index < -0.39 is 0 Å². The van der Waals surface area contributed by atoms with Crippen LogP contribution in [0.5, 0.6) is 5.75 Å². The number of rotatable bonds is 6. The van der Waals surface area contributed by atoms with E-state index in [1.54, 1.807) is 0 Å². The molecule has 3 heteroatoms. The summed E-state index contributed by atoms with van der Waals surface area (Å²) in [6, 6.07) is 3.80. The van der Waals surface area contributed by atoms with E-state index in [2.05, 4.69) is 0 Å². The minimum Gasteiger partial charge on any atom is -0.493 e. The summed E-state index contributed by atoms with van der Waals surface area (Å²) in [6.07, 6.45) is 0.921. The van der Waals surface area contributed by atoms with E-state index >= 15 is 0 Å². The first kappa shape index (κ1) is 13.7. The fraction of sp³-hybridized carbons (Fsp3) is 0.500. The molecular formula is C14H20O3. The number of benzene rings is 1. The van der Waals surface area contributed by atoms with Crippen LogP contribution in [0, 0.1) is 13.8 Å². The first-order valence-electron chi connectivity index (χ1n) is 5.86. The number of aryl methyl sites for hydroxylation is 2. The molecule has 0 amide bonds. The van der Waals surface area contributed by atoms with Gasteiger partial charge in [-0.1, -0.05) is 6.92 Å². The van der Waals surface area contributed by atoms with Gasteiger partial charge < -0.3 is 9.47 Å². The third-order valence-corrected chi connectivity index (χ3v) is 2.63. The smallest absolute Gasteiger partial charge is 0.192 e. The molecule has 0 heterocycles. The maximum atomic E-state index is 11.9. The second kappa shape index (κ2) is 6.40. The molecule has 17 heavy (non-hydrogen) atoms. The van der Waals surface area contributed by atoms with Crippen molar-refractivity contribution in [1.82, 2.24) is 0 Å². The number of ketones is 1. The first-order valence-corrected chi connectivity index (χ1v) is 5.86. The lowest BCUT2D eigenvalue weighted by molar-refractivity contribution is 0.0844. The van der Waals surface area contributed by atoms with Crippen molar-refractivity contribution in [3.8, 4) is 5.75 Å². The van der Waals surface area contributed by atoms with Crippen molar-refractivity contribution < 1.29 is 14.3 Å². The molecule has 0 spiro atoms. The molecule has 1 aromatic rings. The molecule has 1 rings (SSSR count). The van der Waals surface area contributed by atoms with E-state index in [1.807, 2.05) is 32.9 Å². The van der Waals surface area contributed by atoms with Crippen molar-refractivity contribution in [2.45, 2.75) is 27.2 Å². The number of methoxy groups -OCH3 is 1. The number of hydrogen-bond acceptors (Lipinski definition) is 3. The van der Waals surface area contributed by atoms with Crippen molar-refractivity contribution in [2.75, 3.05) is 20.3 Å². The van der Waals surface area contributed by atoms with Gasteiger partial charge in [0.25, 0.3) is 0 Å². The standard InChI is InChI=1S/C14H20O3/c1-5-6-17-14-8-11(3)10(2)7-12(14)13(15)9-16-4/h7-8H,5-6,9H2,1-4H3. The van der Waals surface area contributed by atoms with Gasteiger partial charge in [0.1, 0.15) is 12.4 Å². The maximum Gasteiger partial charge on any atom is 0.192 e. The Balaban J connectivity index is 3.06. The molecule has 0 N–H and O–H groups in total. The molecule has 0 aliphatic rings. The zero-order chi connectivity index (χ0) is 12.8. The van der Waals surface area contributed by atoms with Crippen LogP contribution in [0.2, 0.25) is 0 Å². The van der Waals surface area contributed by atoms with Gasteiger partial charge in [-0.2, -0.15) is 0 Å². The summed E-state index contributed by atoms with van der Waals surface area (Å²) in [7, 11) is 1.52. The zero-order valence-corrected chi connectivity index (χ0v) is 11.0. The minimum atomic E-state index is -0.0401. The number of carbonyl (C=O) groups is 1. The van der Waals surface area contributed by atoms with E-state index in [4.69, 9.17) is 9.47 Å². The third-order valence-electron chi connectivity index (χ3n) is 2.63. The van der Waals surface area contributed by atoms with Crippen molar-refractivity contribution in [2.24, 2.45) is 0 Å². The van der Waals surface area contributed by atoms with Crippen molar-refractivity contribution in [3.63, 3.8) is 0 Å². The van der Waals surface area contributed by atoms with Gasteiger partial charge in [-0.05, 0) is 43.5 Å². The Labute approximate surface area is 103 Å². The predicted octanol–water partition coefficient (Wildman–Crippen LogP) is 2.92. The van der Waals surface area contributed by atoms with E-state index in [9.17, 15) is 4.79 Å². The highest BCUT2D eigenvalue weighted by Crippen LogP contribution is 2.24. The lowest BCUT2D eigenvalue weighted by atomic mass is 10.0. The fourth-order valence-electron chi connectivity index (χ4n) is 1.55. The predicted molar refractivity (Wildman–Crippen MR) is 67.9 cm³/mol. The average molecular weight is 236 g/mol. The second-order valence-corrected chi connectivity index (χ2v) is 4.14.